The Kier molecular flexibility index (Phi) is 5.94. The van der Waals surface area contributed by atoms with Crippen molar-refractivity contribution in [1.29, 1.82) is 0 Å². The zero-order chi connectivity index (χ0) is 23.2. The number of sulfonamides is 1. The van der Waals surface area contributed by atoms with Crippen molar-refractivity contribution >= 4 is 60.1 Å². The molecule has 3 heterocycles. The summed E-state index contributed by atoms with van der Waals surface area (Å²) in [4.78, 5) is 17.9. The summed E-state index contributed by atoms with van der Waals surface area (Å²) < 4.78 is 29.1. The number of pyridine rings is 1. The predicted octanol–water partition coefficient (Wildman–Crippen LogP) is 3.63. The SMILES string of the molecule is NC(c1ccc2cnccc2c1)N1CCN(S(=O)(=O)c2cc3ccc(Cl)cc3s2)CC1C=O. The molecule has 2 aromatic heterocycles. The van der Waals surface area contributed by atoms with Crippen molar-refractivity contribution < 1.29 is 13.2 Å². The van der Waals surface area contributed by atoms with Crippen LogP contribution in [0.15, 0.2) is 65.1 Å². The highest BCUT2D eigenvalue weighted by molar-refractivity contribution is 7.91. The number of benzene rings is 2. The van der Waals surface area contributed by atoms with Gasteiger partial charge < -0.3 is 10.5 Å². The van der Waals surface area contributed by atoms with Gasteiger partial charge in [-0.05, 0) is 46.7 Å². The molecule has 0 amide bonds. The van der Waals surface area contributed by atoms with Gasteiger partial charge in [-0.15, -0.1) is 11.3 Å². The first-order chi connectivity index (χ1) is 15.9. The summed E-state index contributed by atoms with van der Waals surface area (Å²) in [5, 5.41) is 3.39. The molecule has 0 bridgehead atoms. The largest absolute Gasteiger partial charge is 0.312 e. The molecule has 10 heteroatoms. The maximum absolute atomic E-state index is 13.3. The molecule has 2 atom stereocenters. The summed E-state index contributed by atoms with van der Waals surface area (Å²) in [6.07, 6.45) is 3.74. The van der Waals surface area contributed by atoms with E-state index in [9.17, 15) is 13.2 Å². The third-order valence-electron chi connectivity index (χ3n) is 6.00. The van der Waals surface area contributed by atoms with Crippen LogP contribution in [0.25, 0.3) is 20.9 Å². The number of hydrogen-bond donors (Lipinski definition) is 1. The topological polar surface area (TPSA) is 96.6 Å². The molecule has 33 heavy (non-hydrogen) atoms. The van der Waals surface area contributed by atoms with Crippen LogP contribution >= 0.6 is 22.9 Å². The first-order valence-corrected chi connectivity index (χ1v) is 13.0. The zero-order valence-corrected chi connectivity index (χ0v) is 19.9. The van der Waals surface area contributed by atoms with Gasteiger partial charge in [0.05, 0.1) is 12.2 Å². The van der Waals surface area contributed by atoms with Gasteiger partial charge in [-0.3, -0.25) is 9.88 Å². The van der Waals surface area contributed by atoms with Crippen LogP contribution < -0.4 is 5.73 Å². The number of carbonyl (C=O) groups excluding carboxylic acids is 1. The van der Waals surface area contributed by atoms with Crippen LogP contribution in [-0.2, 0) is 14.8 Å². The normalized spacial score (nSPS) is 19.2. The van der Waals surface area contributed by atoms with E-state index in [0.29, 0.717) is 11.6 Å². The number of fused-ring (bicyclic) bond motifs is 2. The van der Waals surface area contributed by atoms with E-state index in [1.54, 1.807) is 36.7 Å². The molecule has 0 spiro atoms. The summed E-state index contributed by atoms with van der Waals surface area (Å²) >= 11 is 7.22. The standard InChI is InChI=1S/C23H21ClN4O3S2/c24-19-4-3-16-10-22(32-21(16)11-19)33(30,31)27-7-8-28(20(13-27)14-29)23(25)17-1-2-18-12-26-6-5-15(18)9-17/h1-6,9-12,14,20,23H,7-8,13,25H2. The Hall–Kier alpha value is -2.40. The number of nitrogens with zero attached hydrogens (tertiary/aromatic N) is 3. The third kappa shape index (κ3) is 4.16. The second-order valence-electron chi connectivity index (χ2n) is 7.98. The number of halogens is 1. The first kappa shape index (κ1) is 22.4. The minimum absolute atomic E-state index is 0.0477. The van der Waals surface area contributed by atoms with E-state index in [2.05, 4.69) is 4.98 Å². The molecule has 5 rings (SSSR count). The average molecular weight is 501 g/mol. The number of nitrogens with two attached hydrogens (primary N) is 1. The van der Waals surface area contributed by atoms with E-state index >= 15 is 0 Å². The van der Waals surface area contributed by atoms with Crippen molar-refractivity contribution in [3.05, 3.63) is 71.5 Å². The third-order valence-corrected chi connectivity index (χ3v) is 9.65. The molecule has 2 unspecified atom stereocenters. The smallest absolute Gasteiger partial charge is 0.252 e. The van der Waals surface area contributed by atoms with Crippen molar-refractivity contribution in [2.45, 2.75) is 16.4 Å². The van der Waals surface area contributed by atoms with Gasteiger partial charge in [0, 0.05) is 47.1 Å². The molecule has 7 nitrogen and oxygen atoms in total. The molecular formula is C23H21ClN4O3S2. The van der Waals surface area contributed by atoms with Crippen LogP contribution in [0.3, 0.4) is 0 Å². The first-order valence-electron chi connectivity index (χ1n) is 10.4. The lowest BCUT2D eigenvalue weighted by Gasteiger charge is -2.41. The minimum atomic E-state index is -3.75. The Morgan fingerprint density at radius 1 is 1.09 bits per heavy atom. The Morgan fingerprint density at radius 3 is 2.73 bits per heavy atom. The molecule has 170 valence electrons. The molecule has 2 N–H and O–H groups in total. The number of piperazine rings is 1. The van der Waals surface area contributed by atoms with Crippen molar-refractivity contribution in [3.8, 4) is 0 Å². The monoisotopic (exact) mass is 500 g/mol. The number of aldehydes is 1. The van der Waals surface area contributed by atoms with Crippen molar-refractivity contribution in [2.75, 3.05) is 19.6 Å². The van der Waals surface area contributed by atoms with Gasteiger partial charge in [0.2, 0.25) is 0 Å². The second-order valence-corrected chi connectivity index (χ2v) is 11.7. The van der Waals surface area contributed by atoms with Crippen molar-refractivity contribution in [3.63, 3.8) is 0 Å². The highest BCUT2D eigenvalue weighted by Crippen LogP contribution is 2.34. The van der Waals surface area contributed by atoms with Crippen molar-refractivity contribution in [1.82, 2.24) is 14.2 Å². The zero-order valence-electron chi connectivity index (χ0n) is 17.5. The van der Waals surface area contributed by atoms with Gasteiger partial charge >= 0.3 is 0 Å². The molecule has 0 radical (unpaired) electrons. The van der Waals surface area contributed by atoms with Crippen LogP contribution in [0.1, 0.15) is 11.7 Å². The van der Waals surface area contributed by atoms with Gasteiger partial charge in [0.1, 0.15) is 10.5 Å². The van der Waals surface area contributed by atoms with E-state index < -0.39 is 22.2 Å². The number of aromatic nitrogens is 1. The number of hydrogen-bond acceptors (Lipinski definition) is 7. The maximum atomic E-state index is 13.3. The highest BCUT2D eigenvalue weighted by Gasteiger charge is 2.37. The summed E-state index contributed by atoms with van der Waals surface area (Å²) in [6.45, 7) is 0.633. The average Bonchev–Trinajstić information content (AvgIpc) is 3.27. The summed E-state index contributed by atoms with van der Waals surface area (Å²) in [5.41, 5.74) is 7.39. The van der Waals surface area contributed by atoms with Gasteiger partial charge in [-0.1, -0.05) is 29.8 Å². The van der Waals surface area contributed by atoms with Crippen LogP contribution in [0.2, 0.25) is 5.02 Å². The number of thiophene rings is 1. The quantitative estimate of drug-likeness (QED) is 0.420. The Bertz CT molecular complexity index is 1460. The van der Waals surface area contributed by atoms with Gasteiger partial charge in [-0.2, -0.15) is 4.31 Å². The minimum Gasteiger partial charge on any atom is -0.312 e. The van der Waals surface area contributed by atoms with Gasteiger partial charge in [0.15, 0.2) is 0 Å². The Balaban J connectivity index is 1.38. The highest BCUT2D eigenvalue weighted by atomic mass is 35.5. The molecule has 1 aliphatic heterocycles. The van der Waals surface area contributed by atoms with E-state index in [1.165, 1.54) is 15.6 Å². The molecule has 0 aliphatic carbocycles. The molecule has 0 saturated carbocycles. The van der Waals surface area contributed by atoms with Crippen molar-refractivity contribution in [2.24, 2.45) is 5.73 Å². The summed E-state index contributed by atoms with van der Waals surface area (Å²) in [5.74, 6) is 0. The second kappa shape index (κ2) is 8.75. The summed E-state index contributed by atoms with van der Waals surface area (Å²) in [6, 6.07) is 14.1. The van der Waals surface area contributed by atoms with E-state index in [-0.39, 0.29) is 17.3 Å². The lowest BCUT2D eigenvalue weighted by Crippen LogP contribution is -2.57. The fourth-order valence-corrected chi connectivity index (χ4v) is 7.47. The molecule has 1 fully saturated rings. The van der Waals surface area contributed by atoms with E-state index in [4.69, 9.17) is 17.3 Å². The Morgan fingerprint density at radius 2 is 1.91 bits per heavy atom. The van der Waals surface area contributed by atoms with Crippen LogP contribution in [0.4, 0.5) is 0 Å². The maximum Gasteiger partial charge on any atom is 0.252 e. The van der Waals surface area contributed by atoms with Gasteiger partial charge in [-0.25, -0.2) is 8.42 Å². The van der Waals surface area contributed by atoms with Crippen LogP contribution in [0, 0.1) is 0 Å². The summed E-state index contributed by atoms with van der Waals surface area (Å²) in [7, 11) is -3.75. The number of rotatable bonds is 5. The van der Waals surface area contributed by atoms with Crippen LogP contribution in [-0.4, -0.2) is 54.6 Å². The fourth-order valence-electron chi connectivity index (χ4n) is 4.19. The Labute approximate surface area is 200 Å². The van der Waals surface area contributed by atoms with E-state index in [0.717, 1.165) is 32.7 Å². The van der Waals surface area contributed by atoms with Crippen LogP contribution in [0.5, 0.6) is 0 Å². The molecular weight excluding hydrogens is 480 g/mol. The van der Waals surface area contributed by atoms with E-state index in [1.807, 2.05) is 29.2 Å². The lowest BCUT2D eigenvalue weighted by molar-refractivity contribution is -0.114. The molecule has 1 saturated heterocycles. The number of carbonyl (C=O) groups is 1. The fraction of sp³-hybridized carbons (Fsp3) is 0.217. The predicted molar refractivity (Wildman–Crippen MR) is 131 cm³/mol. The molecule has 2 aromatic carbocycles. The molecule has 1 aliphatic rings. The van der Waals surface area contributed by atoms with Gasteiger partial charge in [0.25, 0.3) is 10.0 Å². The molecule has 4 aromatic rings. The lowest BCUT2D eigenvalue weighted by atomic mass is 10.0.